The molecule has 0 saturated carbocycles. The van der Waals surface area contributed by atoms with Gasteiger partial charge < -0.3 is 10.2 Å². The van der Waals surface area contributed by atoms with Gasteiger partial charge in [0.15, 0.2) is 0 Å². The lowest BCUT2D eigenvalue weighted by atomic mass is 10.0. The molecule has 118 valence electrons. The molecular weight excluding hydrogens is 359 g/mol. The first-order valence-corrected chi connectivity index (χ1v) is 8.26. The van der Waals surface area contributed by atoms with E-state index in [-0.39, 0.29) is 11.9 Å². The molecule has 23 heavy (non-hydrogen) atoms. The number of nitriles is 1. The monoisotopic (exact) mass is 374 g/mol. The van der Waals surface area contributed by atoms with Crippen molar-refractivity contribution in [3.05, 3.63) is 52.5 Å². The van der Waals surface area contributed by atoms with Gasteiger partial charge >= 0.3 is 0 Å². The predicted molar refractivity (Wildman–Crippen MR) is 91.9 cm³/mol. The second kappa shape index (κ2) is 6.97. The summed E-state index contributed by atoms with van der Waals surface area (Å²) < 4.78 is 15.1. The van der Waals surface area contributed by atoms with Crippen LogP contribution in [0.5, 0.6) is 0 Å². The highest BCUT2D eigenvalue weighted by molar-refractivity contribution is 9.10. The van der Waals surface area contributed by atoms with E-state index in [1.165, 1.54) is 6.07 Å². The lowest BCUT2D eigenvalue weighted by molar-refractivity contribution is 0.519. The molecule has 0 spiro atoms. The minimum absolute atomic E-state index is 0.231. The highest BCUT2D eigenvalue weighted by Gasteiger charge is 2.22. The summed E-state index contributed by atoms with van der Waals surface area (Å²) >= 11 is 3.41. The van der Waals surface area contributed by atoms with Gasteiger partial charge in [-0.3, -0.25) is 4.98 Å². The molecular formula is C17H16BrFN4. The average molecular weight is 375 g/mol. The third kappa shape index (κ3) is 3.80. The van der Waals surface area contributed by atoms with Crippen LogP contribution in [0.1, 0.15) is 18.4 Å². The quantitative estimate of drug-likeness (QED) is 0.883. The van der Waals surface area contributed by atoms with Gasteiger partial charge in [-0.2, -0.15) is 5.26 Å². The molecule has 0 amide bonds. The van der Waals surface area contributed by atoms with Crippen LogP contribution in [0.15, 0.2) is 41.1 Å². The van der Waals surface area contributed by atoms with E-state index < -0.39 is 0 Å². The number of aromatic nitrogens is 1. The minimum Gasteiger partial charge on any atom is -0.379 e. The summed E-state index contributed by atoms with van der Waals surface area (Å²) in [5.74, 6) is -0.339. The van der Waals surface area contributed by atoms with Crippen LogP contribution >= 0.6 is 15.9 Å². The Kier molecular flexibility index (Phi) is 4.77. The number of anilines is 2. The first kappa shape index (κ1) is 15.8. The van der Waals surface area contributed by atoms with Gasteiger partial charge in [0.25, 0.3) is 0 Å². The molecule has 0 radical (unpaired) electrons. The van der Waals surface area contributed by atoms with E-state index in [2.05, 4.69) is 26.2 Å². The maximum absolute atomic E-state index is 14.2. The molecule has 1 saturated heterocycles. The Morgan fingerprint density at radius 2 is 2.22 bits per heavy atom. The normalized spacial score (nSPS) is 17.6. The van der Waals surface area contributed by atoms with E-state index >= 15 is 0 Å². The average Bonchev–Trinajstić information content (AvgIpc) is 2.55. The Bertz CT molecular complexity index is 744. The van der Waals surface area contributed by atoms with Gasteiger partial charge in [-0.05, 0) is 53.0 Å². The molecule has 1 aliphatic rings. The fourth-order valence-corrected chi connectivity index (χ4v) is 3.24. The van der Waals surface area contributed by atoms with Crippen LogP contribution in [-0.2, 0) is 0 Å². The standard InChI is InChI=1S/C17H16BrFN4/c18-13-7-15(10-21-9-13)22-14-2-1-5-23(11-14)17-4-3-12(8-20)6-16(17)19/h3-4,6-7,9-10,14,22H,1-2,5,11H2. The van der Waals surface area contributed by atoms with Gasteiger partial charge in [0.2, 0.25) is 0 Å². The molecule has 0 aliphatic carbocycles. The van der Waals surface area contributed by atoms with Crippen molar-refractivity contribution in [1.29, 1.82) is 5.26 Å². The predicted octanol–water partition coefficient (Wildman–Crippen LogP) is 3.94. The third-order valence-electron chi connectivity index (χ3n) is 3.91. The number of nitrogens with one attached hydrogen (secondary N) is 1. The van der Waals surface area contributed by atoms with Crippen LogP contribution in [0.3, 0.4) is 0 Å². The molecule has 6 heteroatoms. The molecule has 1 aliphatic heterocycles. The summed E-state index contributed by atoms with van der Waals surface area (Å²) in [6.45, 7) is 1.53. The molecule has 0 bridgehead atoms. The summed E-state index contributed by atoms with van der Waals surface area (Å²) in [6, 6.07) is 8.82. The zero-order chi connectivity index (χ0) is 16.2. The van der Waals surface area contributed by atoms with E-state index in [4.69, 9.17) is 5.26 Å². The van der Waals surface area contributed by atoms with Crippen LogP contribution < -0.4 is 10.2 Å². The van der Waals surface area contributed by atoms with Crippen LogP contribution in [0, 0.1) is 17.1 Å². The maximum Gasteiger partial charge on any atom is 0.147 e. The zero-order valence-corrected chi connectivity index (χ0v) is 14.1. The van der Waals surface area contributed by atoms with Crippen molar-refractivity contribution in [2.45, 2.75) is 18.9 Å². The van der Waals surface area contributed by atoms with Gasteiger partial charge in [-0.1, -0.05) is 0 Å². The molecule has 2 heterocycles. The number of pyridine rings is 1. The van der Waals surface area contributed by atoms with Gasteiger partial charge in [0, 0.05) is 29.8 Å². The van der Waals surface area contributed by atoms with E-state index in [0.29, 0.717) is 11.3 Å². The summed E-state index contributed by atoms with van der Waals surface area (Å²) in [5, 5.41) is 12.3. The van der Waals surface area contributed by atoms with Crippen LogP contribution in [-0.4, -0.2) is 24.1 Å². The van der Waals surface area contributed by atoms with Crippen LogP contribution in [0.25, 0.3) is 0 Å². The number of hydrogen-bond acceptors (Lipinski definition) is 4. The lowest BCUT2D eigenvalue weighted by Crippen LogP contribution is -2.42. The third-order valence-corrected chi connectivity index (χ3v) is 4.35. The number of piperidine rings is 1. The summed E-state index contributed by atoms with van der Waals surface area (Å²) in [6.07, 6.45) is 5.54. The van der Waals surface area contributed by atoms with Gasteiger partial charge in [0.05, 0.1) is 29.2 Å². The summed E-state index contributed by atoms with van der Waals surface area (Å²) in [4.78, 5) is 6.18. The summed E-state index contributed by atoms with van der Waals surface area (Å²) in [7, 11) is 0. The summed E-state index contributed by atoms with van der Waals surface area (Å²) in [5.41, 5.74) is 1.85. The fourth-order valence-electron chi connectivity index (χ4n) is 2.87. The van der Waals surface area contributed by atoms with Crippen LogP contribution in [0.4, 0.5) is 15.8 Å². The first-order valence-electron chi connectivity index (χ1n) is 7.47. The van der Waals surface area contributed by atoms with Gasteiger partial charge in [-0.25, -0.2) is 4.39 Å². The highest BCUT2D eigenvalue weighted by Crippen LogP contribution is 2.25. The van der Waals surface area contributed by atoms with E-state index in [0.717, 1.165) is 36.1 Å². The Hall–Kier alpha value is -2.13. The number of hydrogen-bond donors (Lipinski definition) is 1. The molecule has 2 aromatic rings. The Labute approximate surface area is 143 Å². The molecule has 1 fully saturated rings. The minimum atomic E-state index is -0.339. The van der Waals surface area contributed by atoms with E-state index in [1.807, 2.05) is 17.0 Å². The Morgan fingerprint density at radius 3 is 2.96 bits per heavy atom. The molecule has 1 aromatic carbocycles. The molecule has 3 rings (SSSR count). The number of rotatable bonds is 3. The SMILES string of the molecule is N#Cc1ccc(N2CCCC(Nc3cncc(Br)c3)C2)c(F)c1. The van der Waals surface area contributed by atoms with Crippen molar-refractivity contribution >= 4 is 27.3 Å². The number of nitrogens with zero attached hydrogens (tertiary/aromatic N) is 3. The smallest absolute Gasteiger partial charge is 0.147 e. The maximum atomic E-state index is 14.2. The topological polar surface area (TPSA) is 52.0 Å². The number of halogens is 2. The van der Waals surface area contributed by atoms with Crippen LogP contribution in [0.2, 0.25) is 0 Å². The van der Waals surface area contributed by atoms with Gasteiger partial charge in [-0.15, -0.1) is 0 Å². The second-order valence-corrected chi connectivity index (χ2v) is 6.52. The zero-order valence-electron chi connectivity index (χ0n) is 12.5. The van der Waals surface area contributed by atoms with Gasteiger partial charge in [0.1, 0.15) is 5.82 Å². The van der Waals surface area contributed by atoms with Crippen molar-refractivity contribution in [1.82, 2.24) is 4.98 Å². The number of benzene rings is 1. The molecule has 1 aromatic heterocycles. The Balaban J connectivity index is 1.72. The highest BCUT2D eigenvalue weighted by atomic mass is 79.9. The van der Waals surface area contributed by atoms with Crippen molar-refractivity contribution in [2.24, 2.45) is 0 Å². The molecule has 4 nitrogen and oxygen atoms in total. The molecule has 1 N–H and O–H groups in total. The van der Waals surface area contributed by atoms with Crippen molar-refractivity contribution in [3.8, 4) is 6.07 Å². The fraction of sp³-hybridized carbons (Fsp3) is 0.294. The van der Waals surface area contributed by atoms with E-state index in [1.54, 1.807) is 24.5 Å². The van der Waals surface area contributed by atoms with E-state index in [9.17, 15) is 4.39 Å². The molecule has 1 unspecified atom stereocenters. The Morgan fingerprint density at radius 1 is 1.35 bits per heavy atom. The van der Waals surface area contributed by atoms with Crippen molar-refractivity contribution < 1.29 is 4.39 Å². The van der Waals surface area contributed by atoms with Crippen molar-refractivity contribution in [3.63, 3.8) is 0 Å². The largest absolute Gasteiger partial charge is 0.379 e. The first-order chi connectivity index (χ1) is 11.2. The second-order valence-electron chi connectivity index (χ2n) is 5.60. The van der Waals surface area contributed by atoms with Crippen molar-refractivity contribution in [2.75, 3.05) is 23.3 Å². The lowest BCUT2D eigenvalue weighted by Gasteiger charge is -2.35. The molecule has 1 atom stereocenters.